The third kappa shape index (κ3) is 4.36. The number of fused-ring (bicyclic) bond motifs is 1. The lowest BCUT2D eigenvalue weighted by Gasteiger charge is -2.42. The maximum Gasteiger partial charge on any atom is 0.244 e. The minimum Gasteiger partial charge on any atom is -0.368 e. The molecule has 1 saturated heterocycles. The number of piperazine rings is 1. The molecule has 2 aromatic carbocycles. The van der Waals surface area contributed by atoms with E-state index in [9.17, 15) is 4.79 Å². The van der Waals surface area contributed by atoms with Crippen LogP contribution in [0, 0.1) is 0 Å². The SMILES string of the molecule is CCc1nn(C2CCC2)c2cc(N3CCN(C(=O)Cn4ccnn4)C(Cc4ccccc4)C3)ccc12. The Bertz CT molecular complexity index is 1330. The first-order valence-corrected chi connectivity index (χ1v) is 13.1. The number of anilines is 1. The standard InChI is InChI=1S/C28H33N7O/c1-2-26-25-12-11-23(18-27(25)35(30-26)22-9-6-10-22)32-15-16-34(28(36)20-33-14-13-29-31-33)24(19-32)17-21-7-4-3-5-8-21/h3-5,7-8,11-14,18,22,24H,2,6,9-10,15-17,19-20H2,1H3. The zero-order chi connectivity index (χ0) is 24.5. The van der Waals surface area contributed by atoms with Crippen LogP contribution in [0.1, 0.15) is 43.5 Å². The van der Waals surface area contributed by atoms with Gasteiger partial charge in [-0.2, -0.15) is 5.10 Å². The maximum absolute atomic E-state index is 13.3. The predicted molar refractivity (Wildman–Crippen MR) is 140 cm³/mol. The van der Waals surface area contributed by atoms with Crippen molar-refractivity contribution in [1.82, 2.24) is 29.7 Å². The molecule has 3 heterocycles. The third-order valence-electron chi connectivity index (χ3n) is 7.77. The van der Waals surface area contributed by atoms with Crippen molar-refractivity contribution in [2.75, 3.05) is 24.5 Å². The molecule has 2 aromatic heterocycles. The Morgan fingerprint density at radius 2 is 1.94 bits per heavy atom. The van der Waals surface area contributed by atoms with Crippen molar-refractivity contribution in [2.24, 2.45) is 0 Å². The van der Waals surface area contributed by atoms with Gasteiger partial charge >= 0.3 is 0 Å². The zero-order valence-electron chi connectivity index (χ0n) is 20.8. The molecule has 2 fully saturated rings. The van der Waals surface area contributed by atoms with Crippen LogP contribution in [0.25, 0.3) is 10.9 Å². The summed E-state index contributed by atoms with van der Waals surface area (Å²) in [5, 5.41) is 14.1. The largest absolute Gasteiger partial charge is 0.368 e. The molecule has 0 radical (unpaired) electrons. The Labute approximate surface area is 211 Å². The minimum atomic E-state index is 0.0793. The van der Waals surface area contributed by atoms with E-state index in [1.165, 1.54) is 47.1 Å². The van der Waals surface area contributed by atoms with E-state index in [1.54, 1.807) is 17.1 Å². The van der Waals surface area contributed by atoms with Crippen LogP contribution in [-0.4, -0.2) is 61.3 Å². The van der Waals surface area contributed by atoms with Gasteiger partial charge in [-0.3, -0.25) is 9.48 Å². The molecule has 0 spiro atoms. The van der Waals surface area contributed by atoms with Crippen molar-refractivity contribution in [1.29, 1.82) is 0 Å². The second-order valence-electron chi connectivity index (χ2n) is 10.0. The van der Waals surface area contributed by atoms with E-state index in [-0.39, 0.29) is 18.5 Å². The van der Waals surface area contributed by atoms with Gasteiger partial charge in [-0.25, -0.2) is 4.68 Å². The van der Waals surface area contributed by atoms with Gasteiger partial charge in [-0.15, -0.1) is 5.10 Å². The summed E-state index contributed by atoms with van der Waals surface area (Å²) in [5.74, 6) is 0.0900. The van der Waals surface area contributed by atoms with E-state index in [4.69, 9.17) is 5.10 Å². The van der Waals surface area contributed by atoms with Crippen LogP contribution in [0.4, 0.5) is 5.69 Å². The number of rotatable bonds is 7. The van der Waals surface area contributed by atoms with E-state index in [1.807, 2.05) is 11.0 Å². The molecule has 0 N–H and O–H groups in total. The summed E-state index contributed by atoms with van der Waals surface area (Å²) in [6.07, 6.45) is 8.85. The number of hydrogen-bond donors (Lipinski definition) is 0. The summed E-state index contributed by atoms with van der Waals surface area (Å²) in [6.45, 7) is 4.69. The van der Waals surface area contributed by atoms with Crippen LogP contribution in [0.2, 0.25) is 0 Å². The number of nitrogens with zero attached hydrogens (tertiary/aromatic N) is 7. The average molecular weight is 484 g/mol. The Morgan fingerprint density at radius 3 is 2.67 bits per heavy atom. The van der Waals surface area contributed by atoms with E-state index < -0.39 is 0 Å². The molecule has 4 aromatic rings. The number of carbonyl (C=O) groups excluding carboxylic acids is 1. The highest BCUT2D eigenvalue weighted by molar-refractivity contribution is 5.86. The number of benzene rings is 2. The quantitative estimate of drug-likeness (QED) is 0.399. The monoisotopic (exact) mass is 483 g/mol. The van der Waals surface area contributed by atoms with Crippen LogP contribution in [-0.2, 0) is 24.2 Å². The van der Waals surface area contributed by atoms with Gasteiger partial charge in [0.1, 0.15) is 6.54 Å². The van der Waals surface area contributed by atoms with Crippen LogP contribution < -0.4 is 4.90 Å². The van der Waals surface area contributed by atoms with Crippen molar-refractivity contribution in [3.63, 3.8) is 0 Å². The smallest absolute Gasteiger partial charge is 0.244 e. The first-order chi connectivity index (χ1) is 17.7. The van der Waals surface area contributed by atoms with Gasteiger partial charge in [-0.1, -0.05) is 42.5 Å². The Hall–Kier alpha value is -3.68. The fourth-order valence-electron chi connectivity index (χ4n) is 5.58. The molecule has 1 aliphatic heterocycles. The van der Waals surface area contributed by atoms with Crippen molar-refractivity contribution in [2.45, 2.75) is 57.7 Å². The molecule has 36 heavy (non-hydrogen) atoms. The first-order valence-electron chi connectivity index (χ1n) is 13.1. The first kappa shape index (κ1) is 22.8. The van der Waals surface area contributed by atoms with Crippen molar-refractivity contribution < 1.29 is 4.79 Å². The van der Waals surface area contributed by atoms with Gasteiger partial charge in [0.2, 0.25) is 5.91 Å². The molecule has 6 rings (SSSR count). The van der Waals surface area contributed by atoms with Crippen molar-refractivity contribution in [3.8, 4) is 0 Å². The van der Waals surface area contributed by atoms with Gasteiger partial charge in [0.05, 0.1) is 29.5 Å². The number of aryl methyl sites for hydroxylation is 1. The molecule has 8 nitrogen and oxygen atoms in total. The molecule has 1 atom stereocenters. The highest BCUT2D eigenvalue weighted by atomic mass is 16.2. The molecule has 0 bridgehead atoms. The Balaban J connectivity index is 1.28. The van der Waals surface area contributed by atoms with Crippen molar-refractivity contribution in [3.05, 3.63) is 72.2 Å². The Morgan fingerprint density at radius 1 is 1.08 bits per heavy atom. The van der Waals surface area contributed by atoms with Crippen LogP contribution in [0.5, 0.6) is 0 Å². The molecular formula is C28H33N7O. The maximum atomic E-state index is 13.3. The van der Waals surface area contributed by atoms with Crippen molar-refractivity contribution >= 4 is 22.5 Å². The van der Waals surface area contributed by atoms with Gasteiger partial charge in [0.15, 0.2) is 0 Å². The minimum absolute atomic E-state index is 0.0793. The predicted octanol–water partition coefficient (Wildman–Crippen LogP) is 3.88. The van der Waals surface area contributed by atoms with Gasteiger partial charge in [-0.05, 0) is 55.9 Å². The number of amides is 1. The topological polar surface area (TPSA) is 72.1 Å². The summed E-state index contributed by atoms with van der Waals surface area (Å²) >= 11 is 0. The summed E-state index contributed by atoms with van der Waals surface area (Å²) in [5.41, 5.74) is 4.90. The molecule has 1 aliphatic carbocycles. The lowest BCUT2D eigenvalue weighted by atomic mass is 9.93. The molecule has 1 unspecified atom stereocenters. The van der Waals surface area contributed by atoms with Crippen LogP contribution in [0.3, 0.4) is 0 Å². The Kier molecular flexibility index (Phi) is 6.17. The van der Waals surface area contributed by atoms with E-state index in [0.29, 0.717) is 12.6 Å². The lowest BCUT2D eigenvalue weighted by molar-refractivity contribution is -0.134. The molecular weight excluding hydrogens is 450 g/mol. The summed E-state index contributed by atoms with van der Waals surface area (Å²) in [4.78, 5) is 17.8. The summed E-state index contributed by atoms with van der Waals surface area (Å²) < 4.78 is 3.88. The average Bonchev–Trinajstić information content (AvgIpc) is 3.51. The van der Waals surface area contributed by atoms with Gasteiger partial charge in [0, 0.05) is 36.9 Å². The second-order valence-corrected chi connectivity index (χ2v) is 10.0. The molecule has 2 aliphatic rings. The zero-order valence-corrected chi connectivity index (χ0v) is 20.8. The molecule has 1 amide bonds. The fraction of sp³-hybridized carbons (Fsp3) is 0.429. The molecule has 1 saturated carbocycles. The molecule has 8 heteroatoms. The third-order valence-corrected chi connectivity index (χ3v) is 7.77. The van der Waals surface area contributed by atoms with Crippen LogP contribution in [0.15, 0.2) is 60.9 Å². The number of hydrogen-bond acceptors (Lipinski definition) is 5. The summed E-state index contributed by atoms with van der Waals surface area (Å²) in [7, 11) is 0. The molecule has 186 valence electrons. The second kappa shape index (κ2) is 9.76. The van der Waals surface area contributed by atoms with E-state index in [2.05, 4.69) is 69.3 Å². The summed E-state index contributed by atoms with van der Waals surface area (Å²) in [6, 6.07) is 17.9. The van der Waals surface area contributed by atoms with E-state index in [0.717, 1.165) is 25.9 Å². The highest BCUT2D eigenvalue weighted by Gasteiger charge is 2.31. The van der Waals surface area contributed by atoms with E-state index >= 15 is 0 Å². The number of carbonyl (C=O) groups is 1. The fourth-order valence-corrected chi connectivity index (χ4v) is 5.58. The lowest BCUT2D eigenvalue weighted by Crippen LogP contribution is -2.56. The van der Waals surface area contributed by atoms with Gasteiger partial charge < -0.3 is 9.80 Å². The normalized spacial score (nSPS) is 18.5. The van der Waals surface area contributed by atoms with Crippen LogP contribution >= 0.6 is 0 Å². The number of aromatic nitrogens is 5. The van der Waals surface area contributed by atoms with Gasteiger partial charge in [0.25, 0.3) is 0 Å². The highest BCUT2D eigenvalue weighted by Crippen LogP contribution is 2.36.